The smallest absolute Gasteiger partial charge is 0.134 e. The molecule has 0 amide bonds. The van der Waals surface area contributed by atoms with Crippen LogP contribution in [0.3, 0.4) is 0 Å². The van der Waals surface area contributed by atoms with E-state index in [9.17, 15) is 0 Å². The highest BCUT2D eigenvalue weighted by Gasteiger charge is 2.38. The van der Waals surface area contributed by atoms with Gasteiger partial charge in [0.05, 0.1) is 0 Å². The van der Waals surface area contributed by atoms with E-state index in [1.165, 1.54) is 36.6 Å². The molecular formula is C19H27NO. The van der Waals surface area contributed by atoms with Gasteiger partial charge in [0, 0.05) is 23.4 Å². The Bertz CT molecular complexity index is 626. The molecule has 1 saturated carbocycles. The molecule has 0 aliphatic heterocycles. The standard InChI is InChI=1S/C19H27NO/c1-4-15-17(13-9-5-6-11-16(13)21-15)18(20)14-10-7-8-12-19(14,2)3/h5-6,9,11,14,18H,4,7-8,10,12,20H2,1-3H3. The van der Waals surface area contributed by atoms with Gasteiger partial charge in [-0.25, -0.2) is 0 Å². The first-order chi connectivity index (χ1) is 10.0. The molecule has 2 heteroatoms. The van der Waals surface area contributed by atoms with E-state index in [4.69, 9.17) is 10.2 Å². The average molecular weight is 285 g/mol. The Hall–Kier alpha value is -1.28. The van der Waals surface area contributed by atoms with E-state index >= 15 is 0 Å². The molecule has 3 rings (SSSR count). The zero-order valence-electron chi connectivity index (χ0n) is 13.5. The van der Waals surface area contributed by atoms with Gasteiger partial charge in [-0.1, -0.05) is 51.8 Å². The van der Waals surface area contributed by atoms with Crippen molar-refractivity contribution in [1.82, 2.24) is 0 Å². The van der Waals surface area contributed by atoms with E-state index in [0.29, 0.717) is 11.3 Å². The molecule has 114 valence electrons. The summed E-state index contributed by atoms with van der Waals surface area (Å²) >= 11 is 0. The lowest BCUT2D eigenvalue weighted by molar-refractivity contribution is 0.112. The Balaban J connectivity index is 2.06. The second kappa shape index (κ2) is 5.49. The van der Waals surface area contributed by atoms with Crippen molar-refractivity contribution in [2.45, 2.75) is 58.9 Å². The van der Waals surface area contributed by atoms with E-state index in [1.807, 2.05) is 6.07 Å². The minimum Gasteiger partial charge on any atom is -0.461 e. The molecule has 2 atom stereocenters. The van der Waals surface area contributed by atoms with Gasteiger partial charge in [0.25, 0.3) is 0 Å². The summed E-state index contributed by atoms with van der Waals surface area (Å²) in [6.45, 7) is 6.91. The van der Waals surface area contributed by atoms with Crippen molar-refractivity contribution in [2.75, 3.05) is 0 Å². The van der Waals surface area contributed by atoms with Crippen molar-refractivity contribution >= 4 is 11.0 Å². The van der Waals surface area contributed by atoms with Gasteiger partial charge in [-0.2, -0.15) is 0 Å². The molecule has 1 heterocycles. The summed E-state index contributed by atoms with van der Waals surface area (Å²) in [7, 11) is 0. The average Bonchev–Trinajstić information content (AvgIpc) is 2.84. The summed E-state index contributed by atoms with van der Waals surface area (Å²) < 4.78 is 6.05. The van der Waals surface area contributed by atoms with Crippen molar-refractivity contribution in [3.63, 3.8) is 0 Å². The summed E-state index contributed by atoms with van der Waals surface area (Å²) in [4.78, 5) is 0. The van der Waals surface area contributed by atoms with E-state index in [0.717, 1.165) is 17.8 Å². The molecule has 21 heavy (non-hydrogen) atoms. The van der Waals surface area contributed by atoms with E-state index in [1.54, 1.807) is 0 Å². The summed E-state index contributed by atoms with van der Waals surface area (Å²) in [5, 5.41) is 1.21. The van der Waals surface area contributed by atoms with Crippen LogP contribution in [-0.4, -0.2) is 0 Å². The molecule has 1 aromatic heterocycles. The number of hydrogen-bond donors (Lipinski definition) is 1. The molecule has 0 bridgehead atoms. The van der Waals surface area contributed by atoms with Crippen LogP contribution >= 0.6 is 0 Å². The predicted octanol–water partition coefficient (Wildman–Crippen LogP) is 5.21. The van der Waals surface area contributed by atoms with Crippen LogP contribution in [0.15, 0.2) is 28.7 Å². The van der Waals surface area contributed by atoms with Crippen LogP contribution in [0, 0.1) is 11.3 Å². The lowest BCUT2D eigenvalue weighted by atomic mass is 9.65. The Kier molecular flexibility index (Phi) is 3.83. The fourth-order valence-corrected chi connectivity index (χ4v) is 4.13. The van der Waals surface area contributed by atoms with Crippen LogP contribution in [0.1, 0.15) is 63.8 Å². The Morgan fingerprint density at radius 3 is 2.76 bits per heavy atom. The molecule has 1 aliphatic rings. The SMILES string of the molecule is CCc1oc2ccccc2c1C(N)C1CCCCC1(C)C. The minimum atomic E-state index is 0.0823. The van der Waals surface area contributed by atoms with Crippen LogP contribution in [0.4, 0.5) is 0 Å². The fourth-order valence-electron chi connectivity index (χ4n) is 4.13. The fraction of sp³-hybridized carbons (Fsp3) is 0.579. The normalized spacial score (nSPS) is 23.3. The van der Waals surface area contributed by atoms with E-state index < -0.39 is 0 Å². The number of hydrogen-bond acceptors (Lipinski definition) is 2. The lowest BCUT2D eigenvalue weighted by Crippen LogP contribution is -2.36. The molecule has 0 radical (unpaired) electrons. The zero-order valence-corrected chi connectivity index (χ0v) is 13.5. The molecule has 2 nitrogen and oxygen atoms in total. The largest absolute Gasteiger partial charge is 0.461 e. The van der Waals surface area contributed by atoms with Crippen LogP contribution < -0.4 is 5.73 Å². The zero-order chi connectivity index (χ0) is 15.0. The lowest BCUT2D eigenvalue weighted by Gasteiger charge is -2.42. The van der Waals surface area contributed by atoms with E-state index in [2.05, 4.69) is 39.0 Å². The molecule has 0 saturated heterocycles. The number of aryl methyl sites for hydroxylation is 1. The first kappa shape index (κ1) is 14.6. The summed E-state index contributed by atoms with van der Waals surface area (Å²) in [6.07, 6.45) is 6.06. The molecule has 1 fully saturated rings. The number of furan rings is 1. The van der Waals surface area contributed by atoms with Gasteiger partial charge in [-0.3, -0.25) is 0 Å². The highest BCUT2D eigenvalue weighted by Crippen LogP contribution is 2.47. The highest BCUT2D eigenvalue weighted by molar-refractivity contribution is 5.82. The van der Waals surface area contributed by atoms with Crippen LogP contribution in [0.25, 0.3) is 11.0 Å². The van der Waals surface area contributed by atoms with Crippen molar-refractivity contribution in [2.24, 2.45) is 17.1 Å². The van der Waals surface area contributed by atoms with Gasteiger partial charge in [-0.05, 0) is 30.2 Å². The Morgan fingerprint density at radius 1 is 1.29 bits per heavy atom. The van der Waals surface area contributed by atoms with Gasteiger partial charge < -0.3 is 10.2 Å². The van der Waals surface area contributed by atoms with Gasteiger partial charge >= 0.3 is 0 Å². The second-order valence-electron chi connectivity index (χ2n) is 7.16. The third kappa shape index (κ3) is 2.50. The van der Waals surface area contributed by atoms with Gasteiger partial charge in [0.2, 0.25) is 0 Å². The minimum absolute atomic E-state index is 0.0823. The monoisotopic (exact) mass is 285 g/mol. The van der Waals surface area contributed by atoms with Crippen LogP contribution in [0.5, 0.6) is 0 Å². The molecule has 2 N–H and O–H groups in total. The molecule has 0 spiro atoms. The van der Waals surface area contributed by atoms with Crippen molar-refractivity contribution < 1.29 is 4.42 Å². The maximum atomic E-state index is 6.77. The maximum absolute atomic E-state index is 6.77. The predicted molar refractivity (Wildman–Crippen MR) is 88.3 cm³/mol. The second-order valence-corrected chi connectivity index (χ2v) is 7.16. The number of fused-ring (bicyclic) bond motifs is 1. The van der Waals surface area contributed by atoms with Gasteiger partial charge in [0.15, 0.2) is 0 Å². The first-order valence-corrected chi connectivity index (χ1v) is 8.30. The Labute approximate surface area is 127 Å². The molecule has 2 aromatic rings. The quantitative estimate of drug-likeness (QED) is 0.840. The number of para-hydroxylation sites is 1. The van der Waals surface area contributed by atoms with Crippen LogP contribution in [-0.2, 0) is 6.42 Å². The molecular weight excluding hydrogens is 258 g/mol. The highest BCUT2D eigenvalue weighted by atomic mass is 16.3. The first-order valence-electron chi connectivity index (χ1n) is 8.30. The van der Waals surface area contributed by atoms with Crippen LogP contribution in [0.2, 0.25) is 0 Å². The molecule has 1 aromatic carbocycles. The number of rotatable bonds is 3. The third-order valence-corrected chi connectivity index (χ3v) is 5.39. The molecule has 1 aliphatic carbocycles. The summed E-state index contributed by atoms with van der Waals surface area (Å²) in [5.41, 5.74) is 9.33. The van der Waals surface area contributed by atoms with Crippen molar-refractivity contribution in [3.05, 3.63) is 35.6 Å². The van der Waals surface area contributed by atoms with E-state index in [-0.39, 0.29) is 6.04 Å². The number of nitrogens with two attached hydrogens (primary N) is 1. The van der Waals surface area contributed by atoms with Gasteiger partial charge in [-0.15, -0.1) is 0 Å². The number of benzene rings is 1. The topological polar surface area (TPSA) is 39.2 Å². The summed E-state index contributed by atoms with van der Waals surface area (Å²) in [6, 6.07) is 8.41. The summed E-state index contributed by atoms with van der Waals surface area (Å²) in [5.74, 6) is 1.61. The maximum Gasteiger partial charge on any atom is 0.134 e. The Morgan fingerprint density at radius 2 is 2.05 bits per heavy atom. The van der Waals surface area contributed by atoms with Gasteiger partial charge in [0.1, 0.15) is 11.3 Å². The third-order valence-electron chi connectivity index (χ3n) is 5.39. The van der Waals surface area contributed by atoms with Crippen molar-refractivity contribution in [1.29, 1.82) is 0 Å². The van der Waals surface area contributed by atoms with Crippen molar-refractivity contribution in [3.8, 4) is 0 Å². The molecule has 2 unspecified atom stereocenters.